The van der Waals surface area contributed by atoms with Gasteiger partial charge in [0.05, 0.1) is 10.1 Å². The molecule has 0 saturated carbocycles. The van der Waals surface area contributed by atoms with Gasteiger partial charge in [-0.2, -0.15) is 0 Å². The topological polar surface area (TPSA) is 9.23 Å². The van der Waals surface area contributed by atoms with E-state index in [9.17, 15) is 0 Å². The number of fused-ring (bicyclic) bond motifs is 2. The van der Waals surface area contributed by atoms with Crippen LogP contribution in [0.2, 0.25) is 0 Å². The summed E-state index contributed by atoms with van der Waals surface area (Å²) in [4.78, 5) is 0. The Kier molecular flexibility index (Phi) is 1.56. The largest absolute Gasteiger partial charge is 0.320 e. The van der Waals surface area contributed by atoms with E-state index in [2.05, 4.69) is 0 Å². The molecule has 0 aromatic heterocycles. The average molecular weight is 232 g/mol. The van der Waals surface area contributed by atoms with Gasteiger partial charge in [0.1, 0.15) is 0 Å². The van der Waals surface area contributed by atoms with Crippen LogP contribution in [-0.2, 0) is 4.74 Å². The smallest absolute Gasteiger partial charge is 0.216 e. The molecule has 2 aliphatic rings. The minimum atomic E-state index is -1.22. The van der Waals surface area contributed by atoms with E-state index >= 15 is 0 Å². The van der Waals surface area contributed by atoms with Crippen LogP contribution >= 0.6 is 46.4 Å². The van der Waals surface area contributed by atoms with E-state index in [1.54, 1.807) is 0 Å². The van der Waals surface area contributed by atoms with Gasteiger partial charge in [-0.3, -0.25) is 0 Å². The van der Waals surface area contributed by atoms with Crippen molar-refractivity contribution < 1.29 is 4.74 Å². The van der Waals surface area contributed by atoms with E-state index in [-0.39, 0.29) is 0 Å². The zero-order chi connectivity index (χ0) is 8.28. The lowest BCUT2D eigenvalue weighted by Gasteiger charge is -2.16. The first kappa shape index (κ1) is 8.21. The van der Waals surface area contributed by atoms with E-state index < -0.39 is 10.1 Å². The molecule has 0 unspecified atom stereocenters. The Bertz CT molecular complexity index is 260. The Labute approximate surface area is 83.5 Å². The van der Waals surface area contributed by atoms with Gasteiger partial charge in [-0.15, -0.1) is 0 Å². The fourth-order valence-corrected chi connectivity index (χ4v) is 2.43. The molecule has 2 aliphatic heterocycles. The number of hydrogen-bond donors (Lipinski definition) is 0. The van der Waals surface area contributed by atoms with Crippen molar-refractivity contribution in [2.75, 3.05) is 0 Å². The summed E-state index contributed by atoms with van der Waals surface area (Å²) in [6, 6.07) is 0. The third-order valence-corrected chi connectivity index (χ3v) is 3.28. The first-order valence-corrected chi connectivity index (χ1v) is 4.33. The quantitative estimate of drug-likeness (QED) is 0.583. The molecule has 0 aliphatic carbocycles. The molecule has 0 spiro atoms. The molecule has 0 saturated heterocycles. The van der Waals surface area contributed by atoms with E-state index in [1.807, 2.05) is 0 Å². The van der Waals surface area contributed by atoms with E-state index in [0.717, 1.165) is 0 Å². The first-order chi connectivity index (χ1) is 4.96. The highest BCUT2D eigenvalue weighted by molar-refractivity contribution is 6.48. The molecule has 1 nitrogen and oxygen atoms in total. The van der Waals surface area contributed by atoms with Crippen LogP contribution in [0.25, 0.3) is 0 Å². The second-order valence-electron chi connectivity index (χ2n) is 2.38. The molecule has 2 heterocycles. The summed E-state index contributed by atoms with van der Waals surface area (Å²) in [5.74, 6) is 0. The summed E-state index contributed by atoms with van der Waals surface area (Å²) in [5.41, 5.74) is 0. The van der Waals surface area contributed by atoms with Crippen LogP contribution in [0, 0.1) is 0 Å². The molecule has 0 fully saturated rings. The van der Waals surface area contributed by atoms with Crippen LogP contribution in [0.5, 0.6) is 0 Å². The lowest BCUT2D eigenvalue weighted by atomic mass is 10.2. The Morgan fingerprint density at radius 1 is 1.09 bits per heavy atom. The molecule has 0 amide bonds. The fraction of sp³-hybridized carbons (Fsp3) is 0.333. The molecule has 2 bridgehead atoms. The number of rotatable bonds is 0. The van der Waals surface area contributed by atoms with Gasteiger partial charge in [-0.05, 0) is 12.2 Å². The Balaban J connectivity index is 2.54. The Morgan fingerprint density at radius 3 is 1.73 bits per heavy atom. The van der Waals surface area contributed by atoms with E-state index in [1.165, 1.54) is 12.2 Å². The van der Waals surface area contributed by atoms with Crippen molar-refractivity contribution in [3.63, 3.8) is 0 Å². The summed E-state index contributed by atoms with van der Waals surface area (Å²) in [6.07, 6.45) is 3.05. The van der Waals surface area contributed by atoms with Gasteiger partial charge in [0.2, 0.25) is 5.06 Å². The minimum absolute atomic E-state index is 0.321. The summed E-state index contributed by atoms with van der Waals surface area (Å²) in [7, 11) is 0. The number of hydrogen-bond acceptors (Lipinski definition) is 1. The standard InChI is InChI=1S/C6H2Cl4O/c7-3-1-5(9)2-4(8)6(3,10)11-5/h1-2H. The van der Waals surface area contributed by atoms with Crippen molar-refractivity contribution in [2.24, 2.45) is 0 Å². The second-order valence-corrected chi connectivity index (χ2v) is 4.32. The molecule has 60 valence electrons. The van der Waals surface area contributed by atoms with Crippen LogP contribution in [0.15, 0.2) is 22.2 Å². The van der Waals surface area contributed by atoms with Crippen LogP contribution in [0.4, 0.5) is 0 Å². The maximum Gasteiger partial charge on any atom is 0.216 e. The third-order valence-electron chi connectivity index (χ3n) is 1.56. The van der Waals surface area contributed by atoms with Gasteiger partial charge in [-0.1, -0.05) is 46.4 Å². The molecule has 11 heavy (non-hydrogen) atoms. The SMILES string of the molecule is ClC1=CC2(Cl)C=C(Cl)C1(Cl)O2. The molecule has 0 N–H and O–H groups in total. The molecular formula is C6H2Cl4O. The number of halogens is 4. The van der Waals surface area contributed by atoms with Crippen LogP contribution in [-0.4, -0.2) is 10.1 Å². The van der Waals surface area contributed by atoms with Crippen LogP contribution < -0.4 is 0 Å². The summed E-state index contributed by atoms with van der Waals surface area (Å²) < 4.78 is 5.15. The zero-order valence-electron chi connectivity index (χ0n) is 5.07. The van der Waals surface area contributed by atoms with Crippen LogP contribution in [0.1, 0.15) is 0 Å². The molecule has 0 aromatic carbocycles. The van der Waals surface area contributed by atoms with Gasteiger partial charge in [0, 0.05) is 0 Å². The van der Waals surface area contributed by atoms with E-state index in [4.69, 9.17) is 51.1 Å². The molecule has 0 radical (unpaired) electrons. The van der Waals surface area contributed by atoms with Gasteiger partial charge < -0.3 is 4.74 Å². The van der Waals surface area contributed by atoms with Crippen molar-refractivity contribution >= 4 is 46.4 Å². The summed E-state index contributed by atoms with van der Waals surface area (Å²) >= 11 is 23.2. The highest BCUT2D eigenvalue weighted by Gasteiger charge is 2.55. The maximum absolute atomic E-state index is 5.88. The van der Waals surface area contributed by atoms with Crippen molar-refractivity contribution in [1.82, 2.24) is 0 Å². The zero-order valence-corrected chi connectivity index (χ0v) is 8.10. The molecule has 0 atom stereocenters. The predicted octanol–water partition coefficient (Wildman–Crippen LogP) is 3.15. The van der Waals surface area contributed by atoms with Gasteiger partial charge >= 0.3 is 0 Å². The highest BCUT2D eigenvalue weighted by atomic mass is 35.5. The van der Waals surface area contributed by atoms with E-state index in [0.29, 0.717) is 10.1 Å². The highest BCUT2D eigenvalue weighted by Crippen LogP contribution is 2.55. The van der Waals surface area contributed by atoms with Crippen LogP contribution in [0.3, 0.4) is 0 Å². The molecular weight excluding hydrogens is 230 g/mol. The molecule has 5 heteroatoms. The normalized spacial score (nSPS) is 47.6. The maximum atomic E-state index is 5.88. The predicted molar refractivity (Wildman–Crippen MR) is 46.1 cm³/mol. The summed E-state index contributed by atoms with van der Waals surface area (Å²) in [5, 5.41) is -1.61. The Hall–Kier alpha value is 0.600. The average Bonchev–Trinajstić information content (AvgIpc) is 2.14. The monoisotopic (exact) mass is 230 g/mol. The van der Waals surface area contributed by atoms with Crippen molar-refractivity contribution in [2.45, 2.75) is 10.1 Å². The second kappa shape index (κ2) is 2.09. The summed E-state index contributed by atoms with van der Waals surface area (Å²) in [6.45, 7) is 0. The lowest BCUT2D eigenvalue weighted by molar-refractivity contribution is 0.0789. The third kappa shape index (κ3) is 0.958. The van der Waals surface area contributed by atoms with Gasteiger partial charge in [-0.25, -0.2) is 0 Å². The first-order valence-electron chi connectivity index (χ1n) is 2.82. The van der Waals surface area contributed by atoms with Gasteiger partial charge in [0.15, 0.2) is 5.06 Å². The van der Waals surface area contributed by atoms with Crippen molar-refractivity contribution in [1.29, 1.82) is 0 Å². The molecule has 2 rings (SSSR count). The lowest BCUT2D eigenvalue weighted by Crippen LogP contribution is -2.20. The molecule has 0 aromatic rings. The Morgan fingerprint density at radius 2 is 1.55 bits per heavy atom. The fourth-order valence-electron chi connectivity index (χ4n) is 1.06. The number of ether oxygens (including phenoxy) is 1. The van der Waals surface area contributed by atoms with Crippen molar-refractivity contribution in [3.05, 3.63) is 22.2 Å². The minimum Gasteiger partial charge on any atom is -0.320 e. The van der Waals surface area contributed by atoms with Gasteiger partial charge in [0.25, 0.3) is 0 Å². The number of alkyl halides is 2. The van der Waals surface area contributed by atoms with Crippen molar-refractivity contribution in [3.8, 4) is 0 Å².